The molecular weight excluding hydrogens is 306 g/mol. The maximum atomic E-state index is 10.8. The third-order valence-corrected chi connectivity index (χ3v) is 2.57. The molecule has 0 radical (unpaired) electrons. The van der Waals surface area contributed by atoms with Crippen LogP contribution in [0.2, 0.25) is 0 Å². The first-order chi connectivity index (χ1) is 8.50. The van der Waals surface area contributed by atoms with Gasteiger partial charge in [-0.2, -0.15) is 0 Å². The Labute approximate surface area is 112 Å². The molecule has 1 aromatic rings. The van der Waals surface area contributed by atoms with E-state index in [2.05, 4.69) is 26.0 Å². The maximum Gasteiger partial charge on any atom is 0.404 e. The molecule has 0 fully saturated rings. The zero-order valence-corrected chi connectivity index (χ0v) is 11.0. The highest BCUT2D eigenvalue weighted by molar-refractivity contribution is 9.10. The molecule has 7 nitrogen and oxygen atoms in total. The minimum atomic E-state index is -0.842. The number of amides is 1. The summed E-state index contributed by atoms with van der Waals surface area (Å²) in [6, 6.07) is 4.71. The number of halogens is 1. The molecule has 18 heavy (non-hydrogen) atoms. The minimum absolute atomic E-state index is 0.0431. The average Bonchev–Trinajstić information content (AvgIpc) is 2.27. The summed E-state index contributed by atoms with van der Waals surface area (Å²) in [6.07, 6.45) is -0.842. The van der Waals surface area contributed by atoms with Gasteiger partial charge in [0.25, 0.3) is 5.69 Å². The number of nitro benzene ring substituents is 1. The normalized spacial score (nSPS) is 10.1. The van der Waals surface area contributed by atoms with Crippen molar-refractivity contribution in [3.8, 4) is 0 Å². The Bertz CT molecular complexity index is 453. The molecule has 0 aromatic heterocycles. The summed E-state index contributed by atoms with van der Waals surface area (Å²) in [4.78, 5) is 20.6. The predicted octanol–water partition coefficient (Wildman–Crippen LogP) is 1.54. The average molecular weight is 318 g/mol. The molecule has 0 heterocycles. The van der Waals surface area contributed by atoms with E-state index in [1.54, 1.807) is 12.1 Å². The number of hydrogen-bond donors (Lipinski definition) is 2. The van der Waals surface area contributed by atoms with Gasteiger partial charge in [-0.1, -0.05) is 15.9 Å². The van der Waals surface area contributed by atoms with Gasteiger partial charge in [-0.15, -0.1) is 0 Å². The molecule has 0 atom stereocenters. The number of nitrogens with one attached hydrogen (secondary N) is 1. The van der Waals surface area contributed by atoms with Gasteiger partial charge in [-0.25, -0.2) is 4.79 Å². The van der Waals surface area contributed by atoms with Crippen molar-refractivity contribution in [2.75, 3.05) is 13.2 Å². The lowest BCUT2D eigenvalue weighted by Crippen LogP contribution is -2.23. The van der Waals surface area contributed by atoms with Crippen LogP contribution in [0.25, 0.3) is 0 Å². The number of nitrogens with two attached hydrogens (primary N) is 1. The van der Waals surface area contributed by atoms with Crippen LogP contribution >= 0.6 is 15.9 Å². The topological polar surface area (TPSA) is 107 Å². The largest absolute Gasteiger partial charge is 0.448 e. The van der Waals surface area contributed by atoms with E-state index < -0.39 is 11.0 Å². The molecule has 0 unspecified atom stereocenters. The number of carbonyl (C=O) groups is 1. The number of hydrogen-bond acceptors (Lipinski definition) is 5. The van der Waals surface area contributed by atoms with Crippen molar-refractivity contribution in [2.24, 2.45) is 5.73 Å². The van der Waals surface area contributed by atoms with Crippen LogP contribution in [-0.2, 0) is 11.3 Å². The number of ether oxygens (including phenoxy) is 1. The van der Waals surface area contributed by atoms with Crippen LogP contribution in [0.5, 0.6) is 0 Å². The zero-order valence-electron chi connectivity index (χ0n) is 9.39. The molecule has 0 aliphatic rings. The Kier molecular flexibility index (Phi) is 5.53. The van der Waals surface area contributed by atoms with E-state index in [4.69, 9.17) is 5.73 Å². The summed E-state index contributed by atoms with van der Waals surface area (Å²) in [5, 5.41) is 13.7. The van der Waals surface area contributed by atoms with Gasteiger partial charge in [0.15, 0.2) is 0 Å². The van der Waals surface area contributed by atoms with Gasteiger partial charge >= 0.3 is 6.09 Å². The molecule has 0 aliphatic heterocycles. The SMILES string of the molecule is NC(=O)OCCNCc1cc(Br)ccc1[N+](=O)[O-]. The van der Waals surface area contributed by atoms with E-state index in [0.29, 0.717) is 18.7 Å². The summed E-state index contributed by atoms with van der Waals surface area (Å²) in [7, 11) is 0. The number of carbonyl (C=O) groups excluding carboxylic acids is 1. The Hall–Kier alpha value is -1.67. The van der Waals surface area contributed by atoms with Crippen molar-refractivity contribution in [3.63, 3.8) is 0 Å². The molecule has 0 saturated carbocycles. The van der Waals surface area contributed by atoms with E-state index in [9.17, 15) is 14.9 Å². The molecule has 0 bridgehead atoms. The maximum absolute atomic E-state index is 10.8. The number of rotatable bonds is 6. The summed E-state index contributed by atoms with van der Waals surface area (Å²) in [6.45, 7) is 0.793. The molecule has 0 spiro atoms. The van der Waals surface area contributed by atoms with Crippen LogP contribution in [-0.4, -0.2) is 24.2 Å². The summed E-state index contributed by atoms with van der Waals surface area (Å²) in [5.74, 6) is 0. The van der Waals surface area contributed by atoms with E-state index in [1.807, 2.05) is 0 Å². The van der Waals surface area contributed by atoms with Gasteiger partial charge in [0.1, 0.15) is 6.61 Å². The lowest BCUT2D eigenvalue weighted by molar-refractivity contribution is -0.385. The highest BCUT2D eigenvalue weighted by Crippen LogP contribution is 2.22. The molecular formula is C10H12BrN3O4. The zero-order chi connectivity index (χ0) is 13.5. The number of nitro groups is 1. The fourth-order valence-electron chi connectivity index (χ4n) is 1.32. The monoisotopic (exact) mass is 317 g/mol. The van der Waals surface area contributed by atoms with Crippen LogP contribution in [0.1, 0.15) is 5.56 Å². The highest BCUT2D eigenvalue weighted by atomic mass is 79.9. The third kappa shape index (κ3) is 4.68. The lowest BCUT2D eigenvalue weighted by Gasteiger charge is -2.06. The van der Waals surface area contributed by atoms with Crippen LogP contribution in [0, 0.1) is 10.1 Å². The smallest absolute Gasteiger partial charge is 0.404 e. The second-order valence-electron chi connectivity index (χ2n) is 3.37. The van der Waals surface area contributed by atoms with Gasteiger partial charge in [-0.05, 0) is 12.1 Å². The fraction of sp³-hybridized carbons (Fsp3) is 0.300. The van der Waals surface area contributed by atoms with Gasteiger partial charge in [0.05, 0.1) is 4.92 Å². The van der Waals surface area contributed by atoms with Crippen molar-refractivity contribution in [1.82, 2.24) is 5.32 Å². The van der Waals surface area contributed by atoms with Crippen LogP contribution in [0.3, 0.4) is 0 Å². The van der Waals surface area contributed by atoms with Gasteiger partial charge < -0.3 is 15.8 Å². The second kappa shape index (κ2) is 6.92. The fourth-order valence-corrected chi connectivity index (χ4v) is 1.73. The first-order valence-electron chi connectivity index (χ1n) is 5.06. The van der Waals surface area contributed by atoms with Crippen LogP contribution in [0.15, 0.2) is 22.7 Å². The van der Waals surface area contributed by atoms with Crippen molar-refractivity contribution >= 4 is 27.7 Å². The van der Waals surface area contributed by atoms with Crippen molar-refractivity contribution in [1.29, 1.82) is 0 Å². The van der Waals surface area contributed by atoms with E-state index in [0.717, 1.165) is 4.47 Å². The molecule has 1 aromatic carbocycles. The first-order valence-corrected chi connectivity index (χ1v) is 5.86. The van der Waals surface area contributed by atoms with Crippen molar-refractivity contribution < 1.29 is 14.5 Å². The quantitative estimate of drug-likeness (QED) is 0.470. The molecule has 0 aliphatic carbocycles. The Morgan fingerprint density at radius 1 is 1.56 bits per heavy atom. The van der Waals surface area contributed by atoms with E-state index >= 15 is 0 Å². The van der Waals surface area contributed by atoms with E-state index in [-0.39, 0.29) is 12.3 Å². The summed E-state index contributed by atoms with van der Waals surface area (Å²) >= 11 is 3.25. The van der Waals surface area contributed by atoms with Gasteiger partial charge in [0, 0.05) is 29.2 Å². The van der Waals surface area contributed by atoms with Crippen molar-refractivity contribution in [2.45, 2.75) is 6.54 Å². The predicted molar refractivity (Wildman–Crippen MR) is 68.0 cm³/mol. The first kappa shape index (κ1) is 14.4. The minimum Gasteiger partial charge on any atom is -0.448 e. The molecule has 8 heteroatoms. The summed E-state index contributed by atoms with van der Waals surface area (Å²) in [5.41, 5.74) is 5.38. The number of primary amides is 1. The van der Waals surface area contributed by atoms with Crippen LogP contribution < -0.4 is 11.1 Å². The Morgan fingerprint density at radius 2 is 2.28 bits per heavy atom. The van der Waals surface area contributed by atoms with Gasteiger partial charge in [-0.3, -0.25) is 10.1 Å². The second-order valence-corrected chi connectivity index (χ2v) is 4.29. The van der Waals surface area contributed by atoms with Crippen molar-refractivity contribution in [3.05, 3.63) is 38.3 Å². The Balaban J connectivity index is 2.53. The molecule has 1 amide bonds. The molecule has 3 N–H and O–H groups in total. The molecule has 1 rings (SSSR count). The highest BCUT2D eigenvalue weighted by Gasteiger charge is 2.12. The van der Waals surface area contributed by atoms with E-state index in [1.165, 1.54) is 6.07 Å². The Morgan fingerprint density at radius 3 is 2.89 bits per heavy atom. The lowest BCUT2D eigenvalue weighted by atomic mass is 10.2. The van der Waals surface area contributed by atoms with Gasteiger partial charge in [0.2, 0.25) is 0 Å². The molecule has 98 valence electrons. The molecule has 0 saturated heterocycles. The van der Waals surface area contributed by atoms with Crippen LogP contribution in [0.4, 0.5) is 10.5 Å². The summed E-state index contributed by atoms with van der Waals surface area (Å²) < 4.78 is 5.28. The standard InChI is InChI=1S/C10H12BrN3O4/c11-8-1-2-9(14(16)17)7(5-8)6-13-3-4-18-10(12)15/h1-2,5,13H,3-4,6H2,(H2,12,15). The number of nitrogens with zero attached hydrogens (tertiary/aromatic N) is 1. The third-order valence-electron chi connectivity index (χ3n) is 2.08. The number of benzene rings is 1.